The Hall–Kier alpha value is -2.74. The second-order valence-electron chi connectivity index (χ2n) is 13.5. The highest BCUT2D eigenvalue weighted by Gasteiger charge is 2.45. The monoisotopic (exact) mass is 547 g/mol. The van der Waals surface area contributed by atoms with Crippen molar-refractivity contribution in [3.8, 4) is 0 Å². The Bertz CT molecular complexity index is 1290. The van der Waals surface area contributed by atoms with Gasteiger partial charge in [0.2, 0.25) is 6.41 Å². The minimum atomic E-state index is -1.13. The molecule has 4 unspecified atom stereocenters. The minimum Gasteiger partial charge on any atom is -0.341 e. The minimum absolute atomic E-state index is 0.0943. The number of fused-ring (bicyclic) bond motifs is 5. The number of para-hydroxylation sites is 2. The van der Waals surface area contributed by atoms with Crippen LogP contribution < -0.4 is 15.8 Å². The number of piperidine rings is 2. The summed E-state index contributed by atoms with van der Waals surface area (Å²) >= 11 is 0. The molecule has 0 radical (unpaired) electrons. The van der Waals surface area contributed by atoms with Gasteiger partial charge in [-0.3, -0.25) is 24.6 Å². The summed E-state index contributed by atoms with van der Waals surface area (Å²) in [5.74, 6) is 1.57. The topological polar surface area (TPSA) is 87.5 Å². The molecular weight excluding hydrogens is 502 g/mol. The lowest BCUT2D eigenvalue weighted by atomic mass is 9.73. The SMILES string of the molecule is CN(c1nc2ccccc2n(C2CC3CCCC(C2)N3C2CC3CCCCC(C3)C2)c1=O)C(C)(C)C(=O)NC=O. The number of nitrogens with zero attached hydrogens (tertiary/aromatic N) is 4. The first-order valence-electron chi connectivity index (χ1n) is 15.5. The summed E-state index contributed by atoms with van der Waals surface area (Å²) in [6.45, 7) is 3.41. The van der Waals surface area contributed by atoms with Crippen molar-refractivity contribution in [2.75, 3.05) is 11.9 Å². The molecule has 3 heterocycles. The van der Waals surface area contributed by atoms with Crippen LogP contribution in [0, 0.1) is 11.8 Å². The molecule has 2 amide bonds. The Morgan fingerprint density at radius 1 is 0.925 bits per heavy atom. The van der Waals surface area contributed by atoms with Gasteiger partial charge in [-0.1, -0.05) is 44.2 Å². The number of carbonyl (C=O) groups excluding carboxylic acids is 2. The van der Waals surface area contributed by atoms with Crippen molar-refractivity contribution in [2.45, 2.75) is 121 Å². The Kier molecular flexibility index (Phi) is 7.49. The van der Waals surface area contributed by atoms with Crippen molar-refractivity contribution in [1.29, 1.82) is 0 Å². The zero-order valence-electron chi connectivity index (χ0n) is 24.3. The van der Waals surface area contributed by atoms with Crippen LogP contribution in [0.25, 0.3) is 11.0 Å². The maximum Gasteiger partial charge on any atom is 0.294 e. The van der Waals surface area contributed by atoms with Gasteiger partial charge in [0.05, 0.1) is 11.0 Å². The van der Waals surface area contributed by atoms with Crippen molar-refractivity contribution in [3.05, 3.63) is 34.6 Å². The van der Waals surface area contributed by atoms with Crippen LogP contribution in [0.3, 0.4) is 0 Å². The molecular formula is C32H45N5O3. The summed E-state index contributed by atoms with van der Waals surface area (Å²) < 4.78 is 1.99. The number of nitrogens with one attached hydrogen (secondary N) is 1. The summed E-state index contributed by atoms with van der Waals surface area (Å²) in [5, 5.41) is 2.25. The van der Waals surface area contributed by atoms with Gasteiger partial charge in [0.1, 0.15) is 5.54 Å². The molecule has 2 aromatic rings. The predicted octanol–water partition coefficient (Wildman–Crippen LogP) is 4.80. The van der Waals surface area contributed by atoms with Crippen molar-refractivity contribution < 1.29 is 9.59 Å². The van der Waals surface area contributed by atoms with Gasteiger partial charge < -0.3 is 9.47 Å². The van der Waals surface area contributed by atoms with E-state index in [0.29, 0.717) is 24.5 Å². The largest absolute Gasteiger partial charge is 0.341 e. The smallest absolute Gasteiger partial charge is 0.294 e. The number of likely N-dealkylation sites (N-methyl/N-ethyl adjacent to an activating group) is 1. The second kappa shape index (κ2) is 10.9. The number of carbonyl (C=O) groups is 2. The average molecular weight is 548 g/mol. The van der Waals surface area contributed by atoms with E-state index in [1.807, 2.05) is 28.8 Å². The van der Waals surface area contributed by atoms with E-state index in [-0.39, 0.29) is 17.4 Å². The van der Waals surface area contributed by atoms with Gasteiger partial charge >= 0.3 is 0 Å². The van der Waals surface area contributed by atoms with E-state index in [9.17, 15) is 14.4 Å². The number of anilines is 1. The number of hydrogen-bond acceptors (Lipinski definition) is 6. The molecule has 0 spiro atoms. The number of aromatic nitrogens is 2. The lowest BCUT2D eigenvalue weighted by Gasteiger charge is -2.54. The molecule has 1 aromatic carbocycles. The molecule has 4 atom stereocenters. The third-order valence-corrected chi connectivity index (χ3v) is 10.8. The van der Waals surface area contributed by atoms with Crippen molar-refractivity contribution in [2.24, 2.45) is 11.8 Å². The van der Waals surface area contributed by atoms with E-state index in [4.69, 9.17) is 4.98 Å². The zero-order chi connectivity index (χ0) is 28.0. The Morgan fingerprint density at radius 2 is 1.57 bits per heavy atom. The predicted molar refractivity (Wildman–Crippen MR) is 157 cm³/mol. The third kappa shape index (κ3) is 4.86. The van der Waals surface area contributed by atoms with Crippen LogP contribution in [-0.4, -0.2) is 57.5 Å². The molecule has 6 rings (SSSR count). The Morgan fingerprint density at radius 3 is 2.23 bits per heavy atom. The molecule has 8 heteroatoms. The highest BCUT2D eigenvalue weighted by molar-refractivity contribution is 5.95. The lowest BCUT2D eigenvalue weighted by molar-refractivity contribution is -0.128. The van der Waals surface area contributed by atoms with Crippen LogP contribution in [-0.2, 0) is 9.59 Å². The zero-order valence-corrected chi connectivity index (χ0v) is 24.3. The van der Waals surface area contributed by atoms with Gasteiger partial charge in [-0.25, -0.2) is 4.98 Å². The number of imide groups is 1. The van der Waals surface area contributed by atoms with Crippen molar-refractivity contribution in [1.82, 2.24) is 19.8 Å². The fraction of sp³-hybridized carbons (Fsp3) is 0.688. The molecule has 8 nitrogen and oxygen atoms in total. The van der Waals surface area contributed by atoms with E-state index in [0.717, 1.165) is 35.7 Å². The van der Waals surface area contributed by atoms with E-state index in [1.54, 1.807) is 25.8 Å². The highest BCUT2D eigenvalue weighted by atomic mass is 16.2. The van der Waals surface area contributed by atoms with Crippen LogP contribution in [0.2, 0.25) is 0 Å². The van der Waals surface area contributed by atoms with Gasteiger partial charge in [0, 0.05) is 31.2 Å². The van der Waals surface area contributed by atoms with E-state index >= 15 is 0 Å². The average Bonchev–Trinajstić information content (AvgIpc) is 3.10. The molecule has 1 N–H and O–H groups in total. The van der Waals surface area contributed by atoms with Crippen LogP contribution in [0.5, 0.6) is 0 Å². The van der Waals surface area contributed by atoms with Crippen LogP contribution >= 0.6 is 0 Å². The van der Waals surface area contributed by atoms with Crippen molar-refractivity contribution >= 4 is 29.2 Å². The Labute approximate surface area is 237 Å². The standard InChI is InChI=1S/C32H45N5O3/c1-32(2,31(40)33-20-38)35(3)29-30(39)37(28-14-7-6-13-27(28)34-29)26-18-23-11-8-12-24(19-26)36(23)25-16-21-9-4-5-10-22(15-21)17-25/h6-7,13-14,20-26H,4-5,8-12,15-19H2,1-3H3,(H,33,38,40). The number of benzene rings is 1. The molecule has 216 valence electrons. The fourth-order valence-electron chi connectivity index (χ4n) is 8.68. The molecule has 2 aliphatic carbocycles. The fourth-order valence-corrected chi connectivity index (χ4v) is 8.68. The molecule has 2 aliphatic heterocycles. The first-order valence-corrected chi connectivity index (χ1v) is 15.5. The summed E-state index contributed by atoms with van der Waals surface area (Å²) in [6, 6.07) is 9.68. The van der Waals surface area contributed by atoms with Gasteiger partial charge in [-0.05, 0) is 82.8 Å². The molecule has 40 heavy (non-hydrogen) atoms. The van der Waals surface area contributed by atoms with Crippen molar-refractivity contribution in [3.63, 3.8) is 0 Å². The molecule has 1 aromatic heterocycles. The van der Waals surface area contributed by atoms with Crippen LogP contribution in [0.4, 0.5) is 5.82 Å². The molecule has 4 fully saturated rings. The molecule has 4 bridgehead atoms. The van der Waals surface area contributed by atoms with Gasteiger partial charge in [0.25, 0.3) is 11.5 Å². The van der Waals surface area contributed by atoms with Crippen LogP contribution in [0.1, 0.15) is 96.9 Å². The molecule has 2 saturated heterocycles. The quantitative estimate of drug-likeness (QED) is 0.523. The lowest BCUT2D eigenvalue weighted by Crippen LogP contribution is -2.58. The van der Waals surface area contributed by atoms with Crippen LogP contribution in [0.15, 0.2) is 29.1 Å². The number of rotatable bonds is 6. The maximum atomic E-state index is 14.3. The summed E-state index contributed by atoms with van der Waals surface area (Å²) in [7, 11) is 1.72. The summed E-state index contributed by atoms with van der Waals surface area (Å²) in [6.07, 6.45) is 15.8. The van der Waals surface area contributed by atoms with E-state index < -0.39 is 11.4 Å². The number of hydrogen-bond donors (Lipinski definition) is 1. The maximum absolute atomic E-state index is 14.3. The molecule has 4 aliphatic rings. The summed E-state index contributed by atoms with van der Waals surface area (Å²) in [5.41, 5.74) is 0.318. The van der Waals surface area contributed by atoms with Gasteiger partial charge in [-0.2, -0.15) is 0 Å². The van der Waals surface area contributed by atoms with Gasteiger partial charge in [-0.15, -0.1) is 0 Å². The number of amides is 2. The first kappa shape index (κ1) is 27.4. The summed E-state index contributed by atoms with van der Waals surface area (Å²) in [4.78, 5) is 47.3. The first-order chi connectivity index (χ1) is 19.3. The highest BCUT2D eigenvalue weighted by Crippen LogP contribution is 2.47. The van der Waals surface area contributed by atoms with Gasteiger partial charge in [0.15, 0.2) is 5.82 Å². The molecule has 2 saturated carbocycles. The normalized spacial score (nSPS) is 30.9. The van der Waals surface area contributed by atoms with E-state index in [2.05, 4.69) is 10.2 Å². The van der Waals surface area contributed by atoms with E-state index in [1.165, 1.54) is 64.2 Å². The Balaban J connectivity index is 1.34. The second-order valence-corrected chi connectivity index (χ2v) is 13.5. The third-order valence-electron chi connectivity index (χ3n) is 10.8.